The number of H-pyrrole nitrogens is 1. The van der Waals surface area contributed by atoms with E-state index in [-0.39, 0.29) is 35.4 Å². The highest BCUT2D eigenvalue weighted by Crippen LogP contribution is 2.35. The van der Waals surface area contributed by atoms with Gasteiger partial charge in [0.15, 0.2) is 0 Å². The number of carbonyl (C=O) groups excluding carboxylic acids is 1. The zero-order valence-electron chi connectivity index (χ0n) is 22.4. The van der Waals surface area contributed by atoms with E-state index in [0.29, 0.717) is 57.4 Å². The van der Waals surface area contributed by atoms with Gasteiger partial charge in [0.1, 0.15) is 11.3 Å². The molecule has 1 aliphatic carbocycles. The van der Waals surface area contributed by atoms with E-state index >= 15 is 0 Å². The molecule has 0 spiro atoms. The number of carbonyl (C=O) groups is 1. The van der Waals surface area contributed by atoms with Crippen LogP contribution < -0.4 is 15.5 Å². The van der Waals surface area contributed by atoms with Gasteiger partial charge in [0.05, 0.1) is 4.70 Å². The van der Waals surface area contributed by atoms with Gasteiger partial charge in [-0.1, -0.05) is 47.2 Å². The Hall–Kier alpha value is -2.82. The summed E-state index contributed by atoms with van der Waals surface area (Å²) in [6.45, 7) is 5.01. The van der Waals surface area contributed by atoms with Crippen LogP contribution in [0, 0.1) is 6.92 Å². The molecule has 4 N–H and O–H groups in total. The number of thiazole rings is 1. The Morgan fingerprint density at radius 3 is 2.49 bits per heavy atom. The first-order chi connectivity index (χ1) is 18.7. The number of phenols is 1. The molecular weight excluding hydrogens is 522 g/mol. The zero-order chi connectivity index (χ0) is 27.8. The smallest absolute Gasteiger partial charge is 0.305 e. The van der Waals surface area contributed by atoms with Crippen LogP contribution >= 0.6 is 11.3 Å². The second kappa shape index (κ2) is 13.5. The summed E-state index contributed by atoms with van der Waals surface area (Å²) in [5.74, 6) is -2.59. The molecule has 2 aromatic carbocycles. The largest absolute Gasteiger partial charge is 0.506 e. The molecule has 1 heterocycles. The molecule has 0 unspecified atom stereocenters. The minimum Gasteiger partial charge on any atom is -0.506 e. The van der Waals surface area contributed by atoms with E-state index < -0.39 is 5.92 Å². The fourth-order valence-electron chi connectivity index (χ4n) is 5.12. The van der Waals surface area contributed by atoms with Crippen molar-refractivity contribution in [1.82, 2.24) is 20.5 Å². The first-order valence-electron chi connectivity index (χ1n) is 13.7. The molecule has 1 fully saturated rings. The van der Waals surface area contributed by atoms with Crippen molar-refractivity contribution in [2.75, 3.05) is 32.7 Å². The second-order valence-electron chi connectivity index (χ2n) is 10.4. The first kappa shape index (κ1) is 29.2. The van der Waals surface area contributed by atoms with Gasteiger partial charge in [-0.25, -0.2) is 8.78 Å². The number of nitrogens with zero attached hydrogens (tertiary/aromatic N) is 1. The van der Waals surface area contributed by atoms with Gasteiger partial charge < -0.3 is 25.6 Å². The van der Waals surface area contributed by atoms with E-state index in [9.17, 15) is 23.5 Å². The van der Waals surface area contributed by atoms with E-state index in [1.165, 1.54) is 11.1 Å². The molecule has 0 radical (unpaired) electrons. The number of hydrogen-bond donors (Lipinski definition) is 4. The Morgan fingerprint density at radius 2 is 1.74 bits per heavy atom. The predicted molar refractivity (Wildman–Crippen MR) is 152 cm³/mol. The van der Waals surface area contributed by atoms with Gasteiger partial charge in [-0.05, 0) is 62.9 Å². The number of aryl methyl sites for hydroxylation is 1. The standard InChI is InChI=1S/C29H38F2N4O3S/c1-20-2-4-21(5-3-20)10-15-32-17-12-25(37)35(23-8-13-29(30,31)14-9-23)19-18-33-16-11-22-6-7-24(36)26-27(22)39-28(38)34-26/h2-7,23,32-33,36H,8-19H2,1H3,(H,34,38). The van der Waals surface area contributed by atoms with Crippen LogP contribution in [0.3, 0.4) is 0 Å². The molecule has 0 aliphatic heterocycles. The predicted octanol–water partition coefficient (Wildman–Crippen LogP) is 4.36. The van der Waals surface area contributed by atoms with E-state index in [1.54, 1.807) is 11.0 Å². The summed E-state index contributed by atoms with van der Waals surface area (Å²) in [5, 5.41) is 16.7. The SMILES string of the molecule is Cc1ccc(CCNCCC(=O)N(CCNCCc2ccc(O)c3[nH]c(=O)sc23)C2CCC(F)(F)CC2)cc1. The van der Waals surface area contributed by atoms with Gasteiger partial charge in [0.25, 0.3) is 0 Å². The van der Waals surface area contributed by atoms with Gasteiger partial charge >= 0.3 is 4.87 Å². The van der Waals surface area contributed by atoms with Crippen LogP contribution in [-0.4, -0.2) is 65.6 Å². The Labute approximate surface area is 231 Å². The number of amides is 1. The zero-order valence-corrected chi connectivity index (χ0v) is 23.2. The number of hydrogen-bond acceptors (Lipinski definition) is 6. The van der Waals surface area contributed by atoms with Gasteiger partial charge in [-0.3, -0.25) is 9.59 Å². The maximum atomic E-state index is 13.8. The molecule has 0 atom stereocenters. The van der Waals surface area contributed by atoms with Gasteiger partial charge in [0, 0.05) is 44.9 Å². The summed E-state index contributed by atoms with van der Waals surface area (Å²) in [5.41, 5.74) is 3.89. The minimum atomic E-state index is -2.64. The van der Waals surface area contributed by atoms with Gasteiger partial charge in [-0.15, -0.1) is 0 Å². The summed E-state index contributed by atoms with van der Waals surface area (Å²) in [6, 6.07) is 11.6. The quantitative estimate of drug-likeness (QED) is 0.233. The van der Waals surface area contributed by atoms with Crippen molar-refractivity contribution >= 4 is 27.5 Å². The van der Waals surface area contributed by atoms with Crippen molar-refractivity contribution in [3.8, 4) is 5.75 Å². The molecule has 1 amide bonds. The number of aromatic amines is 1. The summed E-state index contributed by atoms with van der Waals surface area (Å²) >= 11 is 1.08. The van der Waals surface area contributed by atoms with E-state index in [0.717, 1.165) is 34.6 Å². The van der Waals surface area contributed by atoms with Gasteiger partial charge in [0.2, 0.25) is 11.8 Å². The molecular formula is C29H38F2N4O3S. The van der Waals surface area contributed by atoms with Crippen molar-refractivity contribution in [2.45, 2.75) is 63.8 Å². The highest BCUT2D eigenvalue weighted by molar-refractivity contribution is 7.16. The van der Waals surface area contributed by atoms with Crippen LogP contribution in [0.5, 0.6) is 5.75 Å². The monoisotopic (exact) mass is 560 g/mol. The molecule has 1 aromatic heterocycles. The summed E-state index contributed by atoms with van der Waals surface area (Å²) in [6.07, 6.45) is 2.14. The molecule has 1 aliphatic rings. The maximum Gasteiger partial charge on any atom is 0.305 e. The van der Waals surface area contributed by atoms with E-state index in [1.807, 2.05) is 6.07 Å². The van der Waals surface area contributed by atoms with Crippen molar-refractivity contribution < 1.29 is 18.7 Å². The lowest BCUT2D eigenvalue weighted by Crippen LogP contribution is -2.47. The van der Waals surface area contributed by atoms with Gasteiger partial charge in [-0.2, -0.15) is 0 Å². The Kier molecular flexibility index (Phi) is 10.1. The summed E-state index contributed by atoms with van der Waals surface area (Å²) in [4.78, 5) is 29.1. The lowest BCUT2D eigenvalue weighted by molar-refractivity contribution is -0.136. The lowest BCUT2D eigenvalue weighted by atomic mass is 9.91. The highest BCUT2D eigenvalue weighted by Gasteiger charge is 2.37. The number of alkyl halides is 2. The molecule has 3 aromatic rings. The third-order valence-corrected chi connectivity index (χ3v) is 8.37. The number of nitrogens with one attached hydrogen (secondary N) is 3. The number of aromatic hydroxyl groups is 1. The van der Waals surface area contributed by atoms with E-state index in [4.69, 9.17) is 0 Å². The highest BCUT2D eigenvalue weighted by atomic mass is 32.1. The number of rotatable bonds is 13. The minimum absolute atomic E-state index is 0.00723. The fraction of sp³-hybridized carbons (Fsp3) is 0.517. The molecule has 212 valence electrons. The topological polar surface area (TPSA) is 97.5 Å². The van der Waals surface area contributed by atoms with Crippen LogP contribution in [0.1, 0.15) is 48.8 Å². The average molecular weight is 561 g/mol. The molecule has 0 bridgehead atoms. The Bertz CT molecular complexity index is 1280. The van der Waals surface area contributed by atoms with Crippen LogP contribution in [0.2, 0.25) is 0 Å². The number of benzene rings is 2. The lowest BCUT2D eigenvalue weighted by Gasteiger charge is -2.37. The molecule has 10 heteroatoms. The Morgan fingerprint density at radius 1 is 1.05 bits per heavy atom. The summed E-state index contributed by atoms with van der Waals surface area (Å²) in [7, 11) is 0. The van der Waals surface area contributed by atoms with Crippen molar-refractivity contribution in [3.63, 3.8) is 0 Å². The normalized spacial score (nSPS) is 15.6. The molecule has 7 nitrogen and oxygen atoms in total. The molecule has 39 heavy (non-hydrogen) atoms. The van der Waals surface area contributed by atoms with Crippen LogP contribution in [0.25, 0.3) is 10.2 Å². The van der Waals surface area contributed by atoms with Crippen molar-refractivity contribution in [2.24, 2.45) is 0 Å². The molecule has 0 saturated heterocycles. The maximum absolute atomic E-state index is 13.8. The average Bonchev–Trinajstić information content (AvgIpc) is 3.31. The van der Waals surface area contributed by atoms with Crippen molar-refractivity contribution in [3.05, 3.63) is 62.8 Å². The number of aromatic nitrogens is 1. The van der Waals surface area contributed by atoms with Crippen LogP contribution in [-0.2, 0) is 17.6 Å². The van der Waals surface area contributed by atoms with Crippen LogP contribution in [0.4, 0.5) is 8.78 Å². The Balaban J connectivity index is 1.25. The second-order valence-corrected chi connectivity index (χ2v) is 11.4. The van der Waals surface area contributed by atoms with Crippen LogP contribution in [0.15, 0.2) is 41.2 Å². The third-order valence-electron chi connectivity index (χ3n) is 7.41. The number of fused-ring (bicyclic) bond motifs is 1. The number of phenolic OH excluding ortho intramolecular Hbond substituents is 1. The molecule has 4 rings (SSSR count). The number of halogens is 2. The van der Waals surface area contributed by atoms with E-state index in [2.05, 4.69) is 46.8 Å². The fourth-order valence-corrected chi connectivity index (χ4v) is 6.01. The third kappa shape index (κ3) is 8.33. The first-order valence-corrected chi connectivity index (χ1v) is 14.5. The summed E-state index contributed by atoms with van der Waals surface area (Å²) < 4.78 is 28.3. The molecule has 1 saturated carbocycles. The van der Waals surface area contributed by atoms with Crippen molar-refractivity contribution in [1.29, 1.82) is 0 Å².